The number of anilines is 1. The number of ether oxygens (including phenoxy) is 1. The Morgan fingerprint density at radius 1 is 1.10 bits per heavy atom. The average Bonchev–Trinajstić information content (AvgIpc) is 2.77. The van der Waals surface area contributed by atoms with Gasteiger partial charge in [-0.1, -0.05) is 19.1 Å². The van der Waals surface area contributed by atoms with Crippen LogP contribution in [-0.4, -0.2) is 44.1 Å². The summed E-state index contributed by atoms with van der Waals surface area (Å²) in [6.07, 6.45) is 3.65. The Balaban J connectivity index is 1.49. The van der Waals surface area contributed by atoms with Gasteiger partial charge in [-0.05, 0) is 80.2 Å². The molecule has 0 radical (unpaired) electrons. The van der Waals surface area contributed by atoms with Gasteiger partial charge in [0, 0.05) is 25.2 Å². The number of nitrogens with zero attached hydrogens (tertiary/aromatic N) is 2. The van der Waals surface area contributed by atoms with Crippen LogP contribution in [0.1, 0.15) is 31.7 Å². The Hall–Kier alpha value is -2.40. The van der Waals surface area contributed by atoms with Gasteiger partial charge >= 0.3 is 0 Å². The summed E-state index contributed by atoms with van der Waals surface area (Å²) >= 11 is 0. The van der Waals surface area contributed by atoms with Crippen LogP contribution in [0.25, 0.3) is 0 Å². The van der Waals surface area contributed by atoms with E-state index in [1.165, 1.54) is 17.7 Å². The zero-order valence-electron chi connectivity index (χ0n) is 17.4. The van der Waals surface area contributed by atoms with Crippen LogP contribution >= 0.6 is 0 Å². The van der Waals surface area contributed by atoms with Gasteiger partial charge in [0.05, 0.1) is 7.11 Å². The van der Waals surface area contributed by atoms with Crippen LogP contribution in [0.3, 0.4) is 0 Å². The summed E-state index contributed by atoms with van der Waals surface area (Å²) in [5, 5.41) is 0. The van der Waals surface area contributed by atoms with E-state index in [0.29, 0.717) is 18.9 Å². The smallest absolute Gasteiger partial charge is 0.226 e. The fourth-order valence-electron chi connectivity index (χ4n) is 3.89. The summed E-state index contributed by atoms with van der Waals surface area (Å²) in [7, 11) is 1.68. The molecular weight excluding hydrogens is 367 g/mol. The number of carbonyl (C=O) groups is 1. The van der Waals surface area contributed by atoms with E-state index >= 15 is 0 Å². The topological polar surface area (TPSA) is 32.8 Å². The van der Waals surface area contributed by atoms with Crippen molar-refractivity contribution in [1.82, 2.24) is 4.90 Å². The molecule has 0 saturated carbocycles. The van der Waals surface area contributed by atoms with E-state index in [9.17, 15) is 9.18 Å². The van der Waals surface area contributed by atoms with Gasteiger partial charge < -0.3 is 14.5 Å². The predicted octanol–water partition coefficient (Wildman–Crippen LogP) is 4.53. The number of hydrogen-bond donors (Lipinski definition) is 0. The Bertz CT molecular complexity index is 768. The van der Waals surface area contributed by atoms with Crippen molar-refractivity contribution in [3.8, 4) is 5.75 Å². The normalized spacial score (nSPS) is 15.3. The van der Waals surface area contributed by atoms with Gasteiger partial charge in [0.25, 0.3) is 0 Å². The van der Waals surface area contributed by atoms with Crippen molar-refractivity contribution < 1.29 is 13.9 Å². The molecule has 3 rings (SSSR count). The van der Waals surface area contributed by atoms with Crippen molar-refractivity contribution in [3.63, 3.8) is 0 Å². The van der Waals surface area contributed by atoms with Crippen molar-refractivity contribution in [2.45, 2.75) is 32.6 Å². The van der Waals surface area contributed by atoms with Crippen molar-refractivity contribution in [2.75, 3.05) is 38.2 Å². The zero-order valence-corrected chi connectivity index (χ0v) is 17.4. The van der Waals surface area contributed by atoms with Gasteiger partial charge in [-0.25, -0.2) is 4.39 Å². The number of rotatable bonds is 8. The first-order valence-corrected chi connectivity index (χ1v) is 10.5. The number of piperidine rings is 1. The van der Waals surface area contributed by atoms with Crippen molar-refractivity contribution in [1.29, 1.82) is 0 Å². The number of carbonyl (C=O) groups excluding carboxylic acids is 1. The molecule has 156 valence electrons. The summed E-state index contributed by atoms with van der Waals surface area (Å²) in [6, 6.07) is 14.5. The quantitative estimate of drug-likeness (QED) is 0.655. The maximum Gasteiger partial charge on any atom is 0.226 e. The van der Waals surface area contributed by atoms with Gasteiger partial charge in [-0.2, -0.15) is 0 Å². The SMILES string of the molecule is CCC(=O)N(CC1CCN(CCc2ccc(OC)cc2)CC1)c1ccc(F)cc1. The molecule has 1 aliphatic heterocycles. The first-order valence-electron chi connectivity index (χ1n) is 10.5. The highest BCUT2D eigenvalue weighted by Crippen LogP contribution is 2.23. The Morgan fingerprint density at radius 2 is 1.76 bits per heavy atom. The van der Waals surface area contributed by atoms with Gasteiger partial charge in [0.1, 0.15) is 11.6 Å². The van der Waals surface area contributed by atoms with E-state index in [1.54, 1.807) is 19.2 Å². The molecule has 1 saturated heterocycles. The molecule has 2 aromatic carbocycles. The zero-order chi connectivity index (χ0) is 20.6. The summed E-state index contributed by atoms with van der Waals surface area (Å²) in [4.78, 5) is 16.8. The van der Waals surface area contributed by atoms with Crippen molar-refractivity contribution in [2.24, 2.45) is 5.92 Å². The average molecular weight is 399 g/mol. The maximum atomic E-state index is 13.3. The van der Waals surface area contributed by atoms with Crippen LogP contribution in [0, 0.1) is 11.7 Å². The predicted molar refractivity (Wildman–Crippen MR) is 115 cm³/mol. The Morgan fingerprint density at radius 3 is 2.34 bits per heavy atom. The molecule has 2 aromatic rings. The molecule has 4 nitrogen and oxygen atoms in total. The molecule has 1 amide bonds. The van der Waals surface area contributed by atoms with Gasteiger partial charge in [-0.15, -0.1) is 0 Å². The number of amides is 1. The molecule has 0 spiro atoms. The molecule has 1 aliphatic rings. The standard InChI is InChI=1S/C24H31FN2O2/c1-3-24(28)27(22-8-6-21(25)7-9-22)18-20-13-16-26(17-14-20)15-12-19-4-10-23(29-2)11-5-19/h4-11,20H,3,12-18H2,1-2H3. The number of halogens is 1. The van der Waals surface area contributed by atoms with E-state index in [2.05, 4.69) is 17.0 Å². The van der Waals surface area contributed by atoms with Crippen LogP contribution in [0.5, 0.6) is 5.75 Å². The summed E-state index contributed by atoms with van der Waals surface area (Å²) in [5.41, 5.74) is 2.11. The van der Waals surface area contributed by atoms with Crippen molar-refractivity contribution in [3.05, 3.63) is 59.9 Å². The molecule has 0 bridgehead atoms. The van der Waals surface area contributed by atoms with Crippen LogP contribution in [0.15, 0.2) is 48.5 Å². The molecule has 0 unspecified atom stereocenters. The molecule has 1 fully saturated rings. The summed E-state index contributed by atoms with van der Waals surface area (Å²) in [6.45, 7) is 5.75. The molecule has 0 aromatic heterocycles. The third-order valence-electron chi connectivity index (χ3n) is 5.77. The summed E-state index contributed by atoms with van der Waals surface area (Å²) in [5.74, 6) is 1.19. The molecule has 0 aliphatic carbocycles. The van der Waals surface area contributed by atoms with Gasteiger partial charge in [0.2, 0.25) is 5.91 Å². The van der Waals surface area contributed by atoms with Crippen LogP contribution in [-0.2, 0) is 11.2 Å². The fraction of sp³-hybridized carbons (Fsp3) is 0.458. The van der Waals surface area contributed by atoms with Crippen LogP contribution in [0.2, 0.25) is 0 Å². The van der Waals surface area contributed by atoms with Crippen molar-refractivity contribution >= 4 is 11.6 Å². The van der Waals surface area contributed by atoms with Gasteiger partial charge in [-0.3, -0.25) is 4.79 Å². The highest BCUT2D eigenvalue weighted by molar-refractivity contribution is 5.93. The molecule has 5 heteroatoms. The van der Waals surface area contributed by atoms with E-state index in [4.69, 9.17) is 4.74 Å². The number of benzene rings is 2. The van der Waals surface area contributed by atoms with E-state index in [1.807, 2.05) is 24.0 Å². The first kappa shape index (κ1) is 21.3. The minimum atomic E-state index is -0.275. The second kappa shape index (κ2) is 10.4. The third-order valence-corrected chi connectivity index (χ3v) is 5.77. The molecule has 1 heterocycles. The maximum absolute atomic E-state index is 13.3. The monoisotopic (exact) mass is 398 g/mol. The second-order valence-corrected chi connectivity index (χ2v) is 7.72. The second-order valence-electron chi connectivity index (χ2n) is 7.72. The minimum absolute atomic E-state index is 0.0959. The molecule has 0 atom stereocenters. The lowest BCUT2D eigenvalue weighted by Crippen LogP contribution is -2.41. The largest absolute Gasteiger partial charge is 0.497 e. The minimum Gasteiger partial charge on any atom is -0.497 e. The lowest BCUT2D eigenvalue weighted by atomic mass is 9.95. The third kappa shape index (κ3) is 6.04. The lowest BCUT2D eigenvalue weighted by Gasteiger charge is -2.35. The van der Waals surface area contributed by atoms with E-state index < -0.39 is 0 Å². The van der Waals surface area contributed by atoms with E-state index in [0.717, 1.165) is 50.3 Å². The molecule has 29 heavy (non-hydrogen) atoms. The van der Waals surface area contributed by atoms with E-state index in [-0.39, 0.29) is 11.7 Å². The van der Waals surface area contributed by atoms with Crippen LogP contribution in [0.4, 0.5) is 10.1 Å². The summed E-state index contributed by atoms with van der Waals surface area (Å²) < 4.78 is 18.5. The molecule has 0 N–H and O–H groups in total. The highest BCUT2D eigenvalue weighted by atomic mass is 19.1. The molecular formula is C24H31FN2O2. The van der Waals surface area contributed by atoms with Crippen LogP contribution < -0.4 is 9.64 Å². The van der Waals surface area contributed by atoms with Gasteiger partial charge in [0.15, 0.2) is 0 Å². The Kier molecular flexibility index (Phi) is 7.64. The first-order chi connectivity index (χ1) is 14.1. The lowest BCUT2D eigenvalue weighted by molar-refractivity contribution is -0.118. The number of methoxy groups -OCH3 is 1. The fourth-order valence-corrected chi connectivity index (χ4v) is 3.89. The number of hydrogen-bond acceptors (Lipinski definition) is 3. The number of likely N-dealkylation sites (tertiary alicyclic amines) is 1. The highest BCUT2D eigenvalue weighted by Gasteiger charge is 2.24. The Labute approximate surface area is 173 Å².